The smallest absolute Gasteiger partial charge is 0.337 e. The third-order valence-electron chi connectivity index (χ3n) is 3.03. The maximum atomic E-state index is 11.4. The van der Waals surface area contributed by atoms with Crippen molar-refractivity contribution in [1.29, 1.82) is 0 Å². The van der Waals surface area contributed by atoms with Gasteiger partial charge in [-0.05, 0) is 26.0 Å². The molecule has 0 aliphatic heterocycles. The van der Waals surface area contributed by atoms with Crippen molar-refractivity contribution in [1.82, 2.24) is 9.55 Å². The highest BCUT2D eigenvalue weighted by molar-refractivity contribution is 7.84. The van der Waals surface area contributed by atoms with Crippen LogP contribution in [0.2, 0.25) is 0 Å². The molecule has 1 heterocycles. The number of carboxylic acid groups (broad SMARTS) is 1. The third kappa shape index (κ3) is 2.53. The Labute approximate surface area is 113 Å². The molecule has 0 saturated heterocycles. The monoisotopic (exact) mass is 280 g/mol. The molecule has 2 atom stereocenters. The Morgan fingerprint density at radius 2 is 2.21 bits per heavy atom. The first-order valence-electron chi connectivity index (χ1n) is 5.92. The summed E-state index contributed by atoms with van der Waals surface area (Å²) in [5, 5.41) is 9.28. The molecule has 6 heteroatoms. The minimum Gasteiger partial charge on any atom is -0.478 e. The quantitative estimate of drug-likeness (QED) is 0.929. The molecule has 0 amide bonds. The predicted octanol–water partition coefficient (Wildman–Crippen LogP) is 1.98. The summed E-state index contributed by atoms with van der Waals surface area (Å²) in [5.74, 6) is 0.235. The van der Waals surface area contributed by atoms with Gasteiger partial charge in [-0.3, -0.25) is 4.21 Å². The minimum atomic E-state index is -0.975. The van der Waals surface area contributed by atoms with Crippen molar-refractivity contribution in [3.05, 3.63) is 29.6 Å². The first kappa shape index (κ1) is 13.7. The van der Waals surface area contributed by atoms with Gasteiger partial charge >= 0.3 is 5.97 Å². The molecular formula is C13H16N2O3S. The van der Waals surface area contributed by atoms with E-state index in [0.717, 1.165) is 5.82 Å². The molecule has 0 radical (unpaired) electrons. The summed E-state index contributed by atoms with van der Waals surface area (Å²) in [5.41, 5.74) is 1.49. The average Bonchev–Trinajstić information content (AvgIpc) is 2.63. The number of aromatic carboxylic acids is 1. The minimum absolute atomic E-state index is 0.0590. The fourth-order valence-electron chi connectivity index (χ4n) is 2.39. The molecule has 5 nitrogen and oxygen atoms in total. The van der Waals surface area contributed by atoms with Gasteiger partial charge < -0.3 is 9.67 Å². The number of benzene rings is 1. The summed E-state index contributed by atoms with van der Waals surface area (Å²) in [6.45, 7) is 3.76. The highest BCUT2D eigenvalue weighted by Gasteiger charge is 2.19. The van der Waals surface area contributed by atoms with Gasteiger partial charge in [-0.1, -0.05) is 6.07 Å². The zero-order chi connectivity index (χ0) is 14.2. The molecule has 0 fully saturated rings. The lowest BCUT2D eigenvalue weighted by Crippen LogP contribution is -2.15. The highest BCUT2D eigenvalue weighted by atomic mass is 32.2. The van der Waals surface area contributed by atoms with E-state index in [1.165, 1.54) is 0 Å². The van der Waals surface area contributed by atoms with Crippen LogP contribution in [0.3, 0.4) is 0 Å². The van der Waals surface area contributed by atoms with Gasteiger partial charge in [0.2, 0.25) is 0 Å². The van der Waals surface area contributed by atoms with E-state index in [4.69, 9.17) is 0 Å². The van der Waals surface area contributed by atoms with Gasteiger partial charge in [-0.2, -0.15) is 0 Å². The number of fused-ring (bicyclic) bond motifs is 1. The van der Waals surface area contributed by atoms with Crippen LogP contribution in [0.25, 0.3) is 11.0 Å². The van der Waals surface area contributed by atoms with Crippen molar-refractivity contribution in [2.75, 3.05) is 12.0 Å². The van der Waals surface area contributed by atoms with Crippen LogP contribution in [0, 0.1) is 6.92 Å². The van der Waals surface area contributed by atoms with E-state index in [2.05, 4.69) is 4.98 Å². The Balaban J connectivity index is 2.68. The second-order valence-electron chi connectivity index (χ2n) is 4.60. The maximum absolute atomic E-state index is 11.4. The number of aryl methyl sites for hydroxylation is 1. The Bertz CT molecular complexity index is 663. The largest absolute Gasteiger partial charge is 0.478 e. The van der Waals surface area contributed by atoms with Crippen molar-refractivity contribution in [2.24, 2.45) is 0 Å². The molecule has 19 heavy (non-hydrogen) atoms. The number of nitrogens with zero attached hydrogens (tertiary/aromatic N) is 2. The normalized spacial score (nSPS) is 14.5. The summed E-state index contributed by atoms with van der Waals surface area (Å²) in [4.78, 5) is 15.7. The fraction of sp³-hybridized carbons (Fsp3) is 0.385. The summed E-state index contributed by atoms with van der Waals surface area (Å²) in [6.07, 6.45) is 1.64. The van der Waals surface area contributed by atoms with E-state index < -0.39 is 16.8 Å². The predicted molar refractivity (Wildman–Crippen MR) is 75.1 cm³/mol. The summed E-state index contributed by atoms with van der Waals surface area (Å²) >= 11 is 0. The Kier molecular flexibility index (Phi) is 3.71. The summed E-state index contributed by atoms with van der Waals surface area (Å²) in [7, 11) is -0.945. The molecular weight excluding hydrogens is 264 g/mol. The SMILES string of the molecule is Cc1nc2cccc(C(=O)O)c2n1C(C)CS(C)=O. The van der Waals surface area contributed by atoms with Crippen LogP contribution >= 0.6 is 0 Å². The van der Waals surface area contributed by atoms with Crippen LogP contribution in [0.4, 0.5) is 0 Å². The second-order valence-corrected chi connectivity index (χ2v) is 6.08. The Morgan fingerprint density at radius 3 is 2.79 bits per heavy atom. The van der Waals surface area contributed by atoms with E-state index in [-0.39, 0.29) is 11.6 Å². The van der Waals surface area contributed by atoms with Crippen LogP contribution in [-0.4, -0.2) is 36.8 Å². The molecule has 2 aromatic rings. The summed E-state index contributed by atoms with van der Waals surface area (Å²) in [6, 6.07) is 4.99. The first-order chi connectivity index (χ1) is 8.91. The average molecular weight is 280 g/mol. The lowest BCUT2D eigenvalue weighted by Gasteiger charge is -2.16. The van der Waals surface area contributed by atoms with Gasteiger partial charge in [0.25, 0.3) is 0 Å². The van der Waals surface area contributed by atoms with Crippen LogP contribution < -0.4 is 0 Å². The van der Waals surface area contributed by atoms with Gasteiger partial charge in [0.05, 0.1) is 16.6 Å². The van der Waals surface area contributed by atoms with Crippen LogP contribution in [0.15, 0.2) is 18.2 Å². The lowest BCUT2D eigenvalue weighted by molar-refractivity contribution is 0.0698. The number of aromatic nitrogens is 2. The molecule has 0 spiro atoms. The topological polar surface area (TPSA) is 72.2 Å². The number of para-hydroxylation sites is 1. The molecule has 0 aliphatic carbocycles. The molecule has 1 aromatic heterocycles. The molecule has 1 aromatic carbocycles. The van der Waals surface area contributed by atoms with Crippen molar-refractivity contribution in [2.45, 2.75) is 19.9 Å². The number of rotatable bonds is 4. The Hall–Kier alpha value is -1.69. The van der Waals surface area contributed by atoms with Gasteiger partial charge in [0.15, 0.2) is 0 Å². The van der Waals surface area contributed by atoms with Crippen LogP contribution in [0.5, 0.6) is 0 Å². The number of carbonyl (C=O) groups is 1. The van der Waals surface area contributed by atoms with E-state index in [1.54, 1.807) is 24.5 Å². The number of imidazole rings is 1. The van der Waals surface area contributed by atoms with Crippen molar-refractivity contribution in [3.63, 3.8) is 0 Å². The molecule has 0 saturated carbocycles. The number of carboxylic acids is 1. The third-order valence-corrected chi connectivity index (χ3v) is 3.99. The molecule has 2 unspecified atom stereocenters. The molecule has 0 bridgehead atoms. The summed E-state index contributed by atoms with van der Waals surface area (Å²) < 4.78 is 13.2. The van der Waals surface area contributed by atoms with E-state index in [9.17, 15) is 14.1 Å². The Morgan fingerprint density at radius 1 is 1.53 bits per heavy atom. The number of hydrogen-bond donors (Lipinski definition) is 1. The van der Waals surface area contributed by atoms with Crippen LogP contribution in [-0.2, 0) is 10.8 Å². The second kappa shape index (κ2) is 5.13. The van der Waals surface area contributed by atoms with Crippen molar-refractivity contribution < 1.29 is 14.1 Å². The molecule has 1 N–H and O–H groups in total. The molecule has 102 valence electrons. The van der Waals surface area contributed by atoms with E-state index in [0.29, 0.717) is 16.8 Å². The van der Waals surface area contributed by atoms with Crippen LogP contribution in [0.1, 0.15) is 29.1 Å². The van der Waals surface area contributed by atoms with Gasteiger partial charge in [-0.25, -0.2) is 9.78 Å². The highest BCUT2D eigenvalue weighted by Crippen LogP contribution is 2.24. The van der Waals surface area contributed by atoms with Crippen molar-refractivity contribution >= 4 is 27.8 Å². The van der Waals surface area contributed by atoms with Gasteiger partial charge in [0, 0.05) is 28.9 Å². The first-order valence-corrected chi connectivity index (χ1v) is 7.65. The van der Waals surface area contributed by atoms with Gasteiger partial charge in [-0.15, -0.1) is 0 Å². The lowest BCUT2D eigenvalue weighted by atomic mass is 10.1. The molecule has 0 aliphatic rings. The fourth-order valence-corrected chi connectivity index (χ4v) is 3.22. The zero-order valence-electron chi connectivity index (χ0n) is 11.1. The number of hydrogen-bond acceptors (Lipinski definition) is 3. The van der Waals surface area contributed by atoms with Gasteiger partial charge in [0.1, 0.15) is 5.82 Å². The zero-order valence-corrected chi connectivity index (χ0v) is 11.9. The van der Waals surface area contributed by atoms with E-state index in [1.807, 2.05) is 18.4 Å². The maximum Gasteiger partial charge on any atom is 0.337 e. The van der Waals surface area contributed by atoms with Crippen molar-refractivity contribution in [3.8, 4) is 0 Å². The molecule has 2 rings (SSSR count). The standard InChI is InChI=1S/C13H16N2O3S/c1-8(7-19(3)18)15-9(2)14-11-6-4-5-10(12(11)15)13(16)17/h4-6,8H,7H2,1-3H3,(H,16,17). The van der Waals surface area contributed by atoms with E-state index >= 15 is 0 Å².